The average Bonchev–Trinajstić information content (AvgIpc) is 0.811. The molecular formula is C2H3ClLaO2. The van der Waals surface area contributed by atoms with Crippen LogP contribution in [0.4, 0.5) is 0 Å². The van der Waals surface area contributed by atoms with Gasteiger partial charge < -0.3 is 22.3 Å². The van der Waals surface area contributed by atoms with Crippen LogP contribution in [0.2, 0.25) is 0 Å². The zero-order chi connectivity index (χ0) is 3.58. The quantitative estimate of drug-likeness (QED) is 0.425. The molecule has 0 aliphatic rings. The molecule has 0 rings (SSSR count). The van der Waals surface area contributed by atoms with Crippen LogP contribution in [0, 0.1) is 35.6 Å². The summed E-state index contributed by atoms with van der Waals surface area (Å²) in [6.45, 7) is 0.972. The average molecular weight is 233 g/mol. The molecule has 6 heavy (non-hydrogen) atoms. The number of hydrogen-bond donors (Lipinski definition) is 0. The fourth-order valence-electron chi connectivity index (χ4n) is 0. The molecule has 0 heterocycles. The minimum absolute atomic E-state index is 0. The molecule has 0 N–H and O–H groups in total. The second kappa shape index (κ2) is 9.35. The Hall–Kier alpha value is 0.955. The molecule has 0 saturated heterocycles. The second-order valence-electron chi connectivity index (χ2n) is 0.492. The molecule has 1 radical (unpaired) electrons. The van der Waals surface area contributed by atoms with Crippen molar-refractivity contribution in [3.05, 3.63) is 0 Å². The van der Waals surface area contributed by atoms with Gasteiger partial charge in [-0.25, -0.2) is 0 Å². The number of hydrogen-bond acceptors (Lipinski definition) is 2. The third kappa shape index (κ3) is 85.0. The number of rotatable bonds is 0. The molecule has 0 saturated carbocycles. The molecule has 0 atom stereocenters. The summed E-state index contributed by atoms with van der Waals surface area (Å²) < 4.78 is 0. The van der Waals surface area contributed by atoms with Gasteiger partial charge in [-0.1, -0.05) is 0 Å². The van der Waals surface area contributed by atoms with Crippen LogP contribution in [0.3, 0.4) is 0 Å². The third-order valence-corrected chi connectivity index (χ3v) is 0. The molecule has 2 nitrogen and oxygen atoms in total. The smallest absolute Gasteiger partial charge is 1.00 e. The first-order chi connectivity index (χ1) is 1.73. The molecule has 0 spiro atoms. The van der Waals surface area contributed by atoms with Crippen LogP contribution in [0.5, 0.6) is 0 Å². The standard InChI is InChI=1S/C2H4O2.ClH.La/c1-2(3)4;;/h1H3,(H,3,4);1H;/q;;+2/p-2. The van der Waals surface area contributed by atoms with E-state index in [1.54, 1.807) is 0 Å². The van der Waals surface area contributed by atoms with E-state index < -0.39 is 5.97 Å². The van der Waals surface area contributed by atoms with Crippen molar-refractivity contribution in [2.45, 2.75) is 6.92 Å². The van der Waals surface area contributed by atoms with Crippen molar-refractivity contribution in [3.63, 3.8) is 0 Å². The summed E-state index contributed by atoms with van der Waals surface area (Å²) in [5.74, 6) is -1.08. The zero-order valence-electron chi connectivity index (χ0n) is 3.27. The molecular weight excluding hydrogens is 230 g/mol. The molecule has 0 amide bonds. The van der Waals surface area contributed by atoms with E-state index in [4.69, 9.17) is 9.90 Å². The Kier molecular flexibility index (Phi) is 24.6. The van der Waals surface area contributed by atoms with E-state index in [1.165, 1.54) is 0 Å². The van der Waals surface area contributed by atoms with E-state index in [1.807, 2.05) is 0 Å². The Morgan fingerprint density at radius 3 is 1.67 bits per heavy atom. The van der Waals surface area contributed by atoms with Crippen LogP contribution in [0.1, 0.15) is 6.92 Å². The first kappa shape index (κ1) is 15.8. The topological polar surface area (TPSA) is 40.1 Å². The Bertz CT molecular complexity index is 34.5. The van der Waals surface area contributed by atoms with Gasteiger partial charge in [-0.3, -0.25) is 0 Å². The number of carboxylic acids is 1. The minimum Gasteiger partial charge on any atom is -1.00 e. The van der Waals surface area contributed by atoms with Crippen molar-refractivity contribution >= 4 is 5.97 Å². The fraction of sp³-hybridized carbons (Fsp3) is 0.500. The van der Waals surface area contributed by atoms with Gasteiger partial charge in [0, 0.05) is 5.97 Å². The zero-order valence-corrected chi connectivity index (χ0v) is 7.65. The normalized spacial score (nSPS) is 4.17. The predicted molar refractivity (Wildman–Crippen MR) is 10.7 cm³/mol. The Balaban J connectivity index is -0.0000000450. The number of halogens is 1. The first-order valence-corrected chi connectivity index (χ1v) is 0.908. The molecule has 0 aliphatic carbocycles. The van der Waals surface area contributed by atoms with Gasteiger partial charge in [0.25, 0.3) is 0 Å². The van der Waals surface area contributed by atoms with Gasteiger partial charge in [0.1, 0.15) is 0 Å². The summed E-state index contributed by atoms with van der Waals surface area (Å²) in [4.78, 5) is 8.89. The summed E-state index contributed by atoms with van der Waals surface area (Å²) in [5, 5.41) is 8.89. The van der Waals surface area contributed by atoms with Crippen molar-refractivity contribution in [1.82, 2.24) is 0 Å². The van der Waals surface area contributed by atoms with Crippen LogP contribution in [-0.2, 0) is 4.79 Å². The van der Waals surface area contributed by atoms with E-state index in [9.17, 15) is 0 Å². The van der Waals surface area contributed by atoms with Gasteiger partial charge in [-0.05, 0) is 6.92 Å². The Morgan fingerprint density at radius 2 is 1.67 bits per heavy atom. The second-order valence-corrected chi connectivity index (χ2v) is 0.492. The van der Waals surface area contributed by atoms with E-state index in [-0.39, 0.29) is 48.0 Å². The van der Waals surface area contributed by atoms with Crippen LogP contribution < -0.4 is 17.5 Å². The summed E-state index contributed by atoms with van der Waals surface area (Å²) in [6, 6.07) is 0. The Labute approximate surface area is 70.3 Å². The van der Waals surface area contributed by atoms with E-state index in [2.05, 4.69) is 0 Å². The predicted octanol–water partition coefficient (Wildman–Crippen LogP) is -4.24. The van der Waals surface area contributed by atoms with Crippen molar-refractivity contribution in [1.29, 1.82) is 0 Å². The van der Waals surface area contributed by atoms with Crippen molar-refractivity contribution < 1.29 is 57.9 Å². The summed E-state index contributed by atoms with van der Waals surface area (Å²) >= 11 is 0. The largest absolute Gasteiger partial charge is 2.00 e. The van der Waals surface area contributed by atoms with Crippen LogP contribution >= 0.6 is 0 Å². The first-order valence-electron chi connectivity index (χ1n) is 0.908. The summed E-state index contributed by atoms with van der Waals surface area (Å²) in [5.41, 5.74) is 0. The van der Waals surface area contributed by atoms with Gasteiger partial charge in [-0.15, -0.1) is 0 Å². The van der Waals surface area contributed by atoms with Crippen molar-refractivity contribution in [2.75, 3.05) is 0 Å². The van der Waals surface area contributed by atoms with Crippen molar-refractivity contribution in [2.24, 2.45) is 0 Å². The van der Waals surface area contributed by atoms with Gasteiger partial charge in [0.05, 0.1) is 0 Å². The van der Waals surface area contributed by atoms with Gasteiger partial charge >= 0.3 is 35.6 Å². The molecule has 0 bridgehead atoms. The van der Waals surface area contributed by atoms with Crippen LogP contribution in [-0.4, -0.2) is 5.97 Å². The fourth-order valence-corrected chi connectivity index (χ4v) is 0. The molecule has 0 aromatic heterocycles. The molecule has 0 unspecified atom stereocenters. The maximum atomic E-state index is 8.89. The monoisotopic (exact) mass is 233 g/mol. The van der Waals surface area contributed by atoms with E-state index >= 15 is 0 Å². The molecule has 0 aromatic rings. The maximum absolute atomic E-state index is 8.89. The number of carboxylic acid groups (broad SMARTS) is 1. The summed E-state index contributed by atoms with van der Waals surface area (Å²) in [6.07, 6.45) is 0. The number of carbonyl (C=O) groups is 1. The van der Waals surface area contributed by atoms with Gasteiger partial charge in [0.15, 0.2) is 0 Å². The van der Waals surface area contributed by atoms with Gasteiger partial charge in [-0.2, -0.15) is 0 Å². The molecule has 0 fully saturated rings. The number of aliphatic carboxylic acids is 1. The molecule has 0 aromatic carbocycles. The van der Waals surface area contributed by atoms with E-state index in [0.717, 1.165) is 6.92 Å². The number of carbonyl (C=O) groups excluding carboxylic acids is 1. The van der Waals surface area contributed by atoms with Crippen LogP contribution in [0.15, 0.2) is 0 Å². The maximum Gasteiger partial charge on any atom is 2.00 e. The third-order valence-electron chi connectivity index (χ3n) is 0. The Morgan fingerprint density at radius 1 is 1.67 bits per heavy atom. The molecule has 0 aliphatic heterocycles. The van der Waals surface area contributed by atoms with Crippen molar-refractivity contribution in [3.8, 4) is 0 Å². The van der Waals surface area contributed by atoms with E-state index in [0.29, 0.717) is 0 Å². The van der Waals surface area contributed by atoms with Crippen LogP contribution in [0.25, 0.3) is 0 Å². The SMILES string of the molecule is CC(=O)[O-].[Cl-].[La+2]. The van der Waals surface area contributed by atoms with Gasteiger partial charge in [0.2, 0.25) is 0 Å². The minimum atomic E-state index is -1.08. The molecule has 33 valence electrons. The molecule has 4 heteroatoms. The summed E-state index contributed by atoms with van der Waals surface area (Å²) in [7, 11) is 0.